The average Bonchev–Trinajstić information content (AvgIpc) is 3.22. The van der Waals surface area contributed by atoms with Gasteiger partial charge in [-0.15, -0.1) is 0 Å². The van der Waals surface area contributed by atoms with Gasteiger partial charge in [-0.05, 0) is 50.6 Å². The molecular formula is C21H26F4N4O2. The van der Waals surface area contributed by atoms with E-state index in [0.717, 1.165) is 35.9 Å². The Labute approximate surface area is 178 Å². The molecule has 6 nitrogen and oxygen atoms in total. The number of hydrogen-bond donors (Lipinski definition) is 2. The Balaban J connectivity index is 0.000000423. The first kappa shape index (κ1) is 24.5. The highest BCUT2D eigenvalue weighted by Gasteiger charge is 2.38. The average molecular weight is 442 g/mol. The number of carboxylic acid groups (broad SMARTS) is 1. The molecule has 0 aliphatic carbocycles. The van der Waals surface area contributed by atoms with Crippen LogP contribution in [0.1, 0.15) is 42.6 Å². The largest absolute Gasteiger partial charge is 0.490 e. The number of anilines is 1. The molecule has 31 heavy (non-hydrogen) atoms. The molecular weight excluding hydrogens is 416 g/mol. The molecule has 1 unspecified atom stereocenters. The van der Waals surface area contributed by atoms with E-state index in [0.29, 0.717) is 0 Å². The van der Waals surface area contributed by atoms with E-state index in [1.165, 1.54) is 38.1 Å². The molecule has 1 atom stereocenters. The van der Waals surface area contributed by atoms with Crippen LogP contribution >= 0.6 is 0 Å². The predicted molar refractivity (Wildman–Crippen MR) is 109 cm³/mol. The van der Waals surface area contributed by atoms with E-state index in [-0.39, 0.29) is 11.7 Å². The Morgan fingerprint density at radius 3 is 2.35 bits per heavy atom. The fourth-order valence-electron chi connectivity index (χ4n) is 3.18. The van der Waals surface area contributed by atoms with Gasteiger partial charge in [-0.2, -0.15) is 13.2 Å². The molecule has 0 saturated carbocycles. The zero-order chi connectivity index (χ0) is 23.0. The highest BCUT2D eigenvalue weighted by Crippen LogP contribution is 2.27. The molecule has 1 saturated heterocycles. The van der Waals surface area contributed by atoms with Crippen LogP contribution in [0.5, 0.6) is 0 Å². The zero-order valence-electron chi connectivity index (χ0n) is 17.4. The molecule has 0 bridgehead atoms. The summed E-state index contributed by atoms with van der Waals surface area (Å²) in [6, 6.07) is 6.63. The maximum absolute atomic E-state index is 13.2. The van der Waals surface area contributed by atoms with E-state index < -0.39 is 12.1 Å². The number of nitrogens with one attached hydrogen (secondary N) is 1. The highest BCUT2D eigenvalue weighted by atomic mass is 19.4. The van der Waals surface area contributed by atoms with Gasteiger partial charge in [-0.3, -0.25) is 4.98 Å². The lowest BCUT2D eigenvalue weighted by molar-refractivity contribution is -0.192. The molecule has 2 N–H and O–H groups in total. The molecule has 1 fully saturated rings. The SMILES string of the molecule is Cc1cnc(NCCN2CCCC2)c(C(C)c2ccc(F)cc2)n1.O=C(O)C(F)(F)F. The van der Waals surface area contributed by atoms with Crippen molar-refractivity contribution in [2.45, 2.75) is 38.8 Å². The lowest BCUT2D eigenvalue weighted by atomic mass is 9.97. The summed E-state index contributed by atoms with van der Waals surface area (Å²) in [5, 5.41) is 10.6. The molecule has 2 heterocycles. The van der Waals surface area contributed by atoms with Gasteiger partial charge in [0.2, 0.25) is 0 Å². The van der Waals surface area contributed by atoms with E-state index >= 15 is 0 Å². The monoisotopic (exact) mass is 442 g/mol. The van der Waals surface area contributed by atoms with Crippen molar-refractivity contribution in [3.63, 3.8) is 0 Å². The van der Waals surface area contributed by atoms with Crippen LogP contribution in [0.4, 0.5) is 23.4 Å². The number of rotatable bonds is 6. The smallest absolute Gasteiger partial charge is 0.475 e. The predicted octanol–water partition coefficient (Wildman–Crippen LogP) is 4.22. The lowest BCUT2D eigenvalue weighted by Crippen LogP contribution is -2.26. The van der Waals surface area contributed by atoms with Crippen LogP contribution in [0.2, 0.25) is 0 Å². The zero-order valence-corrected chi connectivity index (χ0v) is 17.4. The summed E-state index contributed by atoms with van der Waals surface area (Å²) in [5.74, 6) is -2.08. The molecule has 1 aromatic carbocycles. The van der Waals surface area contributed by atoms with Crippen molar-refractivity contribution in [1.82, 2.24) is 14.9 Å². The second kappa shape index (κ2) is 11.0. The number of carbonyl (C=O) groups is 1. The van der Waals surface area contributed by atoms with E-state index in [2.05, 4.69) is 27.1 Å². The van der Waals surface area contributed by atoms with Crippen molar-refractivity contribution >= 4 is 11.8 Å². The third-order valence-electron chi connectivity index (χ3n) is 4.86. The number of halogens is 4. The van der Waals surface area contributed by atoms with Gasteiger partial charge >= 0.3 is 12.1 Å². The van der Waals surface area contributed by atoms with Gasteiger partial charge < -0.3 is 15.3 Å². The van der Waals surface area contributed by atoms with Crippen molar-refractivity contribution in [2.75, 3.05) is 31.5 Å². The fraction of sp³-hybridized carbons (Fsp3) is 0.476. The van der Waals surface area contributed by atoms with Gasteiger partial charge in [0.05, 0.1) is 17.6 Å². The van der Waals surface area contributed by atoms with Gasteiger partial charge in [-0.1, -0.05) is 19.1 Å². The second-order valence-corrected chi connectivity index (χ2v) is 7.30. The number of likely N-dealkylation sites (tertiary alicyclic amines) is 1. The summed E-state index contributed by atoms with van der Waals surface area (Å²) < 4.78 is 44.9. The normalized spacial score (nSPS) is 15.2. The van der Waals surface area contributed by atoms with Crippen LogP contribution in [0.25, 0.3) is 0 Å². The summed E-state index contributed by atoms with van der Waals surface area (Å²) in [7, 11) is 0. The van der Waals surface area contributed by atoms with Crippen molar-refractivity contribution in [2.24, 2.45) is 0 Å². The highest BCUT2D eigenvalue weighted by molar-refractivity contribution is 5.73. The summed E-state index contributed by atoms with van der Waals surface area (Å²) in [4.78, 5) is 20.6. The minimum atomic E-state index is -5.08. The molecule has 170 valence electrons. The first-order valence-electron chi connectivity index (χ1n) is 9.93. The molecule has 1 aromatic heterocycles. The van der Waals surface area contributed by atoms with Crippen molar-refractivity contribution in [3.05, 3.63) is 53.2 Å². The van der Waals surface area contributed by atoms with Crippen LogP contribution in [0, 0.1) is 12.7 Å². The molecule has 3 rings (SSSR count). The number of aliphatic carboxylic acids is 1. The van der Waals surface area contributed by atoms with Gasteiger partial charge in [0.15, 0.2) is 0 Å². The number of carboxylic acids is 1. The first-order valence-corrected chi connectivity index (χ1v) is 9.93. The Morgan fingerprint density at radius 2 is 1.81 bits per heavy atom. The third kappa shape index (κ3) is 7.78. The minimum absolute atomic E-state index is 0.0623. The van der Waals surface area contributed by atoms with E-state index in [1.54, 1.807) is 6.20 Å². The Hall–Kier alpha value is -2.75. The molecule has 1 aliphatic heterocycles. The molecule has 0 spiro atoms. The number of alkyl halides is 3. The number of benzene rings is 1. The van der Waals surface area contributed by atoms with Crippen LogP contribution in [-0.2, 0) is 4.79 Å². The van der Waals surface area contributed by atoms with Crippen LogP contribution in [0.3, 0.4) is 0 Å². The summed E-state index contributed by atoms with van der Waals surface area (Å²) in [6.07, 6.45) is -0.687. The topological polar surface area (TPSA) is 78.4 Å². The van der Waals surface area contributed by atoms with Gasteiger partial charge in [0.1, 0.15) is 11.6 Å². The van der Waals surface area contributed by atoms with Crippen molar-refractivity contribution in [1.29, 1.82) is 0 Å². The molecule has 2 aromatic rings. The van der Waals surface area contributed by atoms with Crippen LogP contribution in [-0.4, -0.2) is 58.3 Å². The minimum Gasteiger partial charge on any atom is -0.475 e. The molecule has 1 aliphatic rings. The Kier molecular flexibility index (Phi) is 8.73. The third-order valence-corrected chi connectivity index (χ3v) is 4.86. The lowest BCUT2D eigenvalue weighted by Gasteiger charge is -2.19. The molecule has 0 amide bonds. The number of aromatic nitrogens is 2. The molecule has 10 heteroatoms. The number of aryl methyl sites for hydroxylation is 1. The number of nitrogens with zero attached hydrogens (tertiary/aromatic N) is 3. The summed E-state index contributed by atoms with van der Waals surface area (Å²) in [6.45, 7) is 8.31. The summed E-state index contributed by atoms with van der Waals surface area (Å²) in [5.41, 5.74) is 2.85. The van der Waals surface area contributed by atoms with Gasteiger partial charge in [0.25, 0.3) is 0 Å². The van der Waals surface area contributed by atoms with Crippen LogP contribution in [0.15, 0.2) is 30.5 Å². The maximum Gasteiger partial charge on any atom is 0.490 e. The standard InChI is InChI=1S/C19H25FN4.C2HF3O2/c1-14-13-22-19(21-9-12-24-10-3-4-11-24)18(23-14)15(2)16-5-7-17(20)8-6-16;3-2(4,5)1(6)7/h5-8,13,15H,3-4,9-12H2,1-2H3,(H,21,22);(H,6,7). The van der Waals surface area contributed by atoms with Crippen LogP contribution < -0.4 is 5.32 Å². The van der Waals surface area contributed by atoms with Gasteiger partial charge in [-0.25, -0.2) is 14.2 Å². The van der Waals surface area contributed by atoms with Crippen molar-refractivity contribution in [3.8, 4) is 0 Å². The van der Waals surface area contributed by atoms with E-state index in [1.807, 2.05) is 19.1 Å². The van der Waals surface area contributed by atoms with E-state index in [9.17, 15) is 17.6 Å². The van der Waals surface area contributed by atoms with E-state index in [4.69, 9.17) is 9.90 Å². The Morgan fingerprint density at radius 1 is 1.23 bits per heavy atom. The number of hydrogen-bond acceptors (Lipinski definition) is 5. The molecule has 0 radical (unpaired) electrons. The fourth-order valence-corrected chi connectivity index (χ4v) is 3.18. The van der Waals surface area contributed by atoms with Crippen molar-refractivity contribution < 1.29 is 27.5 Å². The first-order chi connectivity index (χ1) is 14.6. The quantitative estimate of drug-likeness (QED) is 0.653. The van der Waals surface area contributed by atoms with Gasteiger partial charge in [0, 0.05) is 19.0 Å². The maximum atomic E-state index is 13.2. The Bertz CT molecular complexity index is 853. The summed E-state index contributed by atoms with van der Waals surface area (Å²) >= 11 is 0. The second-order valence-electron chi connectivity index (χ2n) is 7.30.